The Hall–Kier alpha value is -1.97. The molecule has 2 aliphatic heterocycles. The van der Waals surface area contributed by atoms with E-state index in [1.807, 2.05) is 6.07 Å². The van der Waals surface area contributed by atoms with Crippen LogP contribution in [-0.4, -0.2) is 66.0 Å². The number of rotatable bonds is 6. The molecular formula is C18H24N2O6S. The minimum absolute atomic E-state index is 0.0344. The van der Waals surface area contributed by atoms with E-state index in [9.17, 15) is 23.1 Å². The first-order valence-electron chi connectivity index (χ1n) is 9.02. The molecule has 9 heteroatoms. The van der Waals surface area contributed by atoms with Crippen LogP contribution in [-0.2, 0) is 32.8 Å². The van der Waals surface area contributed by atoms with Gasteiger partial charge >= 0.3 is 5.97 Å². The van der Waals surface area contributed by atoms with Gasteiger partial charge in [-0.25, -0.2) is 12.7 Å². The maximum absolute atomic E-state index is 13.0. The highest BCUT2D eigenvalue weighted by molar-refractivity contribution is 7.89. The molecule has 2 heterocycles. The van der Waals surface area contributed by atoms with Crippen LogP contribution in [0.25, 0.3) is 0 Å². The van der Waals surface area contributed by atoms with E-state index in [0.717, 1.165) is 11.1 Å². The molecule has 1 saturated heterocycles. The first-order valence-corrected chi connectivity index (χ1v) is 10.6. The maximum atomic E-state index is 13.0. The molecule has 0 bridgehead atoms. The van der Waals surface area contributed by atoms with Crippen molar-refractivity contribution in [2.24, 2.45) is 0 Å². The average Bonchev–Trinajstić information content (AvgIpc) is 3.13. The zero-order valence-electron chi connectivity index (χ0n) is 15.3. The summed E-state index contributed by atoms with van der Waals surface area (Å²) >= 11 is 0. The molecule has 27 heavy (non-hydrogen) atoms. The van der Waals surface area contributed by atoms with E-state index < -0.39 is 22.5 Å². The highest BCUT2D eigenvalue weighted by Gasteiger charge is 2.33. The lowest BCUT2D eigenvalue weighted by Crippen LogP contribution is -2.50. The molecule has 0 aromatic heterocycles. The number of carbonyl (C=O) groups excluding carboxylic acids is 1. The summed E-state index contributed by atoms with van der Waals surface area (Å²) in [6.07, 6.45) is 0.846. The maximum Gasteiger partial charge on any atom is 0.323 e. The van der Waals surface area contributed by atoms with Crippen LogP contribution in [0.3, 0.4) is 0 Å². The fourth-order valence-electron chi connectivity index (χ4n) is 3.60. The average molecular weight is 396 g/mol. The van der Waals surface area contributed by atoms with Gasteiger partial charge in [-0.15, -0.1) is 0 Å². The number of hydrogen-bond donors (Lipinski definition) is 1. The molecule has 0 aliphatic carbocycles. The van der Waals surface area contributed by atoms with E-state index in [0.29, 0.717) is 44.7 Å². The van der Waals surface area contributed by atoms with Crippen molar-refractivity contribution in [3.05, 3.63) is 34.9 Å². The van der Waals surface area contributed by atoms with E-state index in [-0.39, 0.29) is 17.7 Å². The van der Waals surface area contributed by atoms with Crippen molar-refractivity contribution < 1.29 is 27.9 Å². The van der Waals surface area contributed by atoms with E-state index in [1.165, 1.54) is 9.21 Å². The minimum atomic E-state index is -3.27. The Morgan fingerprint density at radius 1 is 1.22 bits per heavy atom. The molecule has 1 fully saturated rings. The molecule has 8 nitrogen and oxygen atoms in total. The van der Waals surface area contributed by atoms with Gasteiger partial charge in [0.2, 0.25) is 10.0 Å². The predicted molar refractivity (Wildman–Crippen MR) is 97.7 cm³/mol. The molecule has 0 saturated carbocycles. The zero-order valence-corrected chi connectivity index (χ0v) is 16.1. The van der Waals surface area contributed by atoms with Gasteiger partial charge in [-0.1, -0.05) is 6.07 Å². The first kappa shape index (κ1) is 19.8. The van der Waals surface area contributed by atoms with Gasteiger partial charge in [0.1, 0.15) is 6.54 Å². The molecular weight excluding hydrogens is 372 g/mol. The molecule has 1 aromatic rings. The lowest BCUT2D eigenvalue weighted by atomic mass is 10.0. The third-order valence-electron chi connectivity index (χ3n) is 5.16. The van der Waals surface area contributed by atoms with Crippen LogP contribution in [0.2, 0.25) is 0 Å². The number of benzene rings is 1. The Kier molecular flexibility index (Phi) is 5.83. The first-order chi connectivity index (χ1) is 12.8. The smallest absolute Gasteiger partial charge is 0.323 e. The Balaban J connectivity index is 1.76. The monoisotopic (exact) mass is 396 g/mol. The van der Waals surface area contributed by atoms with Crippen LogP contribution in [0.5, 0.6) is 0 Å². The van der Waals surface area contributed by atoms with E-state index >= 15 is 0 Å². The van der Waals surface area contributed by atoms with Gasteiger partial charge in [0, 0.05) is 24.7 Å². The highest BCUT2D eigenvalue weighted by Crippen LogP contribution is 2.24. The lowest BCUT2D eigenvalue weighted by molar-refractivity contribution is -0.138. The number of fused-ring (bicyclic) bond motifs is 1. The van der Waals surface area contributed by atoms with Gasteiger partial charge in [-0.05, 0) is 43.0 Å². The molecule has 0 spiro atoms. The lowest BCUT2D eigenvalue weighted by Gasteiger charge is -2.37. The summed E-state index contributed by atoms with van der Waals surface area (Å²) < 4.78 is 30.8. The SMILES string of the molecule is CCS(=O)(=O)N1CCC(N(CC(=O)O)C(=O)c2ccc3c(c2)COC3)CC1. The number of amides is 1. The van der Waals surface area contributed by atoms with E-state index in [2.05, 4.69) is 0 Å². The van der Waals surface area contributed by atoms with Gasteiger partial charge in [-0.3, -0.25) is 9.59 Å². The number of piperidine rings is 1. The largest absolute Gasteiger partial charge is 0.480 e. The van der Waals surface area contributed by atoms with Crippen LogP contribution >= 0.6 is 0 Å². The summed E-state index contributed by atoms with van der Waals surface area (Å²) in [7, 11) is -3.27. The van der Waals surface area contributed by atoms with Crippen molar-refractivity contribution >= 4 is 21.9 Å². The topological polar surface area (TPSA) is 104 Å². The van der Waals surface area contributed by atoms with Crippen molar-refractivity contribution in [3.8, 4) is 0 Å². The molecule has 0 atom stereocenters. The third kappa shape index (κ3) is 4.31. The number of carboxylic acid groups (broad SMARTS) is 1. The third-order valence-corrected chi connectivity index (χ3v) is 7.04. The van der Waals surface area contributed by atoms with Crippen molar-refractivity contribution in [2.45, 2.75) is 39.0 Å². The molecule has 0 radical (unpaired) electrons. The van der Waals surface area contributed by atoms with Gasteiger partial charge in [-0.2, -0.15) is 0 Å². The Morgan fingerprint density at radius 2 is 1.89 bits per heavy atom. The zero-order chi connectivity index (χ0) is 19.6. The Bertz CT molecular complexity index is 830. The fraction of sp³-hybridized carbons (Fsp3) is 0.556. The molecule has 1 aromatic carbocycles. The summed E-state index contributed by atoms with van der Waals surface area (Å²) in [5.41, 5.74) is 2.42. The van der Waals surface area contributed by atoms with Crippen molar-refractivity contribution in [1.29, 1.82) is 0 Å². The normalized spacial score (nSPS) is 18.3. The van der Waals surface area contributed by atoms with Crippen LogP contribution < -0.4 is 0 Å². The second-order valence-electron chi connectivity index (χ2n) is 6.83. The quantitative estimate of drug-likeness (QED) is 0.771. The van der Waals surface area contributed by atoms with Crippen molar-refractivity contribution in [3.63, 3.8) is 0 Å². The summed E-state index contributed by atoms with van der Waals surface area (Å²) in [4.78, 5) is 25.7. The summed E-state index contributed by atoms with van der Waals surface area (Å²) in [6, 6.07) is 4.99. The molecule has 0 unspecified atom stereocenters. The van der Waals surface area contributed by atoms with Crippen LogP contribution in [0.15, 0.2) is 18.2 Å². The van der Waals surface area contributed by atoms with Gasteiger partial charge < -0.3 is 14.7 Å². The summed E-state index contributed by atoms with van der Waals surface area (Å²) in [6.45, 7) is 2.75. The summed E-state index contributed by atoms with van der Waals surface area (Å²) in [5.74, 6) is -1.40. The van der Waals surface area contributed by atoms with Crippen LogP contribution in [0.1, 0.15) is 41.3 Å². The molecule has 148 valence electrons. The molecule has 2 aliphatic rings. The van der Waals surface area contributed by atoms with Crippen molar-refractivity contribution in [2.75, 3.05) is 25.4 Å². The number of aliphatic carboxylic acids is 1. The molecule has 1 amide bonds. The van der Waals surface area contributed by atoms with E-state index in [1.54, 1.807) is 19.1 Å². The summed E-state index contributed by atoms with van der Waals surface area (Å²) in [5, 5.41) is 9.26. The molecule has 1 N–H and O–H groups in total. The number of sulfonamides is 1. The van der Waals surface area contributed by atoms with Gasteiger partial charge in [0.15, 0.2) is 0 Å². The molecule has 3 rings (SSSR count). The second kappa shape index (κ2) is 7.95. The highest BCUT2D eigenvalue weighted by atomic mass is 32.2. The number of hydrogen-bond acceptors (Lipinski definition) is 5. The van der Waals surface area contributed by atoms with Gasteiger partial charge in [0.25, 0.3) is 5.91 Å². The minimum Gasteiger partial charge on any atom is -0.480 e. The fourth-order valence-corrected chi connectivity index (χ4v) is 4.73. The Labute approximate surface area is 158 Å². The number of carbonyl (C=O) groups is 2. The second-order valence-corrected chi connectivity index (χ2v) is 9.09. The standard InChI is InChI=1S/C18H24N2O6S/c1-2-27(24,25)19-7-5-16(6-8-19)20(10-17(21)22)18(23)13-3-4-14-11-26-12-15(14)9-13/h3-4,9,16H,2,5-8,10-12H2,1H3,(H,21,22). The number of nitrogens with zero attached hydrogens (tertiary/aromatic N) is 2. The van der Waals surface area contributed by atoms with Gasteiger partial charge in [0.05, 0.1) is 19.0 Å². The predicted octanol–water partition coefficient (Wildman–Crippen LogP) is 1.06. The van der Waals surface area contributed by atoms with Crippen molar-refractivity contribution in [1.82, 2.24) is 9.21 Å². The van der Waals surface area contributed by atoms with E-state index in [4.69, 9.17) is 4.74 Å². The number of carboxylic acids is 1. The van der Waals surface area contributed by atoms with Crippen LogP contribution in [0.4, 0.5) is 0 Å². The van der Waals surface area contributed by atoms with Crippen LogP contribution in [0, 0.1) is 0 Å². The Morgan fingerprint density at radius 3 is 2.52 bits per heavy atom. The number of ether oxygens (including phenoxy) is 1.